The van der Waals surface area contributed by atoms with Crippen LogP contribution in [-0.2, 0) is 0 Å². The van der Waals surface area contributed by atoms with Crippen LogP contribution in [0.25, 0.3) is 0 Å². The SMILES string of the molecule is O=c1cc(NCCN2CCC(COc3ccccc3)CC2)c1=O. The maximum absolute atomic E-state index is 11.2. The molecule has 1 aliphatic heterocycles. The van der Waals surface area contributed by atoms with Crippen molar-refractivity contribution in [1.82, 2.24) is 4.90 Å². The van der Waals surface area contributed by atoms with Gasteiger partial charge in [0.15, 0.2) is 0 Å². The number of hydrogen-bond donors (Lipinski definition) is 1. The van der Waals surface area contributed by atoms with Crippen LogP contribution >= 0.6 is 0 Å². The van der Waals surface area contributed by atoms with Gasteiger partial charge in [0.25, 0.3) is 0 Å². The molecule has 2 aromatic rings. The van der Waals surface area contributed by atoms with Gasteiger partial charge in [-0.05, 0) is 44.0 Å². The standard InChI is InChI=1S/C18H22N2O3/c21-17-12-16(18(17)22)19-8-11-20-9-6-14(7-10-20)13-23-15-4-2-1-3-5-15/h1-5,12,14,19H,6-11,13H2. The fourth-order valence-electron chi connectivity index (χ4n) is 2.90. The van der Waals surface area contributed by atoms with Crippen molar-refractivity contribution in [1.29, 1.82) is 0 Å². The number of anilines is 1. The Morgan fingerprint density at radius 1 is 1.13 bits per heavy atom. The molecule has 5 nitrogen and oxygen atoms in total. The molecule has 0 radical (unpaired) electrons. The Kier molecular flexibility index (Phi) is 5.08. The van der Waals surface area contributed by atoms with Crippen molar-refractivity contribution in [2.45, 2.75) is 12.8 Å². The topological polar surface area (TPSA) is 58.6 Å². The molecule has 0 unspecified atom stereocenters. The van der Waals surface area contributed by atoms with Gasteiger partial charge in [0.2, 0.25) is 10.9 Å². The van der Waals surface area contributed by atoms with E-state index in [2.05, 4.69) is 10.2 Å². The molecule has 2 aromatic carbocycles. The van der Waals surface area contributed by atoms with E-state index in [-0.39, 0.29) is 5.43 Å². The summed E-state index contributed by atoms with van der Waals surface area (Å²) in [5.74, 6) is 1.54. The summed E-state index contributed by atoms with van der Waals surface area (Å²) in [4.78, 5) is 24.4. The van der Waals surface area contributed by atoms with Gasteiger partial charge in [-0.2, -0.15) is 0 Å². The Balaban J connectivity index is 1.32. The molecule has 23 heavy (non-hydrogen) atoms. The van der Waals surface area contributed by atoms with Crippen molar-refractivity contribution in [3.8, 4) is 5.75 Å². The van der Waals surface area contributed by atoms with Gasteiger partial charge in [-0.25, -0.2) is 0 Å². The number of likely N-dealkylation sites (tertiary alicyclic amines) is 1. The molecule has 0 aromatic heterocycles. The Morgan fingerprint density at radius 2 is 1.87 bits per heavy atom. The molecule has 0 amide bonds. The molecule has 0 aliphatic carbocycles. The molecular weight excluding hydrogens is 292 g/mol. The lowest BCUT2D eigenvalue weighted by Crippen LogP contribution is -2.39. The summed E-state index contributed by atoms with van der Waals surface area (Å²) >= 11 is 0. The molecule has 0 atom stereocenters. The summed E-state index contributed by atoms with van der Waals surface area (Å²) in [5, 5.41) is 3.03. The summed E-state index contributed by atoms with van der Waals surface area (Å²) in [6.07, 6.45) is 2.26. The first kappa shape index (κ1) is 15.7. The number of nitrogens with zero attached hydrogens (tertiary/aromatic N) is 1. The Morgan fingerprint density at radius 3 is 2.52 bits per heavy atom. The number of nitrogens with one attached hydrogen (secondary N) is 1. The summed E-state index contributed by atoms with van der Waals surface area (Å²) in [5.41, 5.74) is -0.324. The molecule has 0 saturated carbocycles. The largest absolute Gasteiger partial charge is 0.493 e. The highest BCUT2D eigenvalue weighted by atomic mass is 16.5. The molecule has 1 N–H and O–H groups in total. The summed E-state index contributed by atoms with van der Waals surface area (Å²) in [7, 11) is 0. The molecular formula is C18H22N2O3. The van der Waals surface area contributed by atoms with Gasteiger partial charge >= 0.3 is 0 Å². The summed E-state index contributed by atoms with van der Waals surface area (Å²) in [6, 6.07) is 11.3. The van der Waals surface area contributed by atoms with E-state index in [4.69, 9.17) is 4.74 Å². The zero-order valence-electron chi connectivity index (χ0n) is 13.2. The second kappa shape index (κ2) is 7.42. The predicted molar refractivity (Wildman–Crippen MR) is 90.9 cm³/mol. The molecule has 0 bridgehead atoms. The number of ether oxygens (including phenoxy) is 1. The third kappa shape index (κ3) is 4.20. The Bertz CT molecular complexity index is 684. The van der Waals surface area contributed by atoms with Crippen LogP contribution in [0.15, 0.2) is 46.0 Å². The lowest BCUT2D eigenvalue weighted by atomic mass is 9.98. The van der Waals surface area contributed by atoms with Gasteiger partial charge in [0, 0.05) is 19.2 Å². The normalized spacial score (nSPS) is 16.5. The van der Waals surface area contributed by atoms with E-state index in [1.165, 1.54) is 6.07 Å². The fourth-order valence-corrected chi connectivity index (χ4v) is 2.90. The van der Waals surface area contributed by atoms with Crippen molar-refractivity contribution in [2.75, 3.05) is 38.1 Å². The van der Waals surface area contributed by atoms with E-state index in [0.717, 1.165) is 44.8 Å². The van der Waals surface area contributed by atoms with E-state index in [1.807, 2.05) is 30.3 Å². The van der Waals surface area contributed by atoms with Crippen LogP contribution in [0.2, 0.25) is 0 Å². The molecule has 1 saturated heterocycles. The van der Waals surface area contributed by atoms with Crippen LogP contribution in [-0.4, -0.2) is 37.7 Å². The molecule has 0 spiro atoms. The van der Waals surface area contributed by atoms with Crippen LogP contribution in [0.5, 0.6) is 5.75 Å². The first-order valence-electron chi connectivity index (χ1n) is 8.17. The molecule has 1 aliphatic rings. The fraction of sp³-hybridized carbons (Fsp3) is 0.444. The van der Waals surface area contributed by atoms with Gasteiger partial charge in [0.05, 0.1) is 12.3 Å². The molecule has 1 heterocycles. The van der Waals surface area contributed by atoms with Gasteiger partial charge in [0.1, 0.15) is 5.75 Å². The number of benzene rings is 1. The summed E-state index contributed by atoms with van der Waals surface area (Å²) in [6.45, 7) is 4.48. The third-order valence-electron chi connectivity index (χ3n) is 4.42. The zero-order valence-corrected chi connectivity index (χ0v) is 13.2. The lowest BCUT2D eigenvalue weighted by Gasteiger charge is -2.31. The van der Waals surface area contributed by atoms with E-state index in [9.17, 15) is 9.59 Å². The maximum atomic E-state index is 11.2. The minimum absolute atomic E-state index is 0.387. The van der Waals surface area contributed by atoms with E-state index >= 15 is 0 Å². The van der Waals surface area contributed by atoms with Crippen molar-refractivity contribution in [3.63, 3.8) is 0 Å². The van der Waals surface area contributed by atoms with E-state index in [0.29, 0.717) is 18.2 Å². The van der Waals surface area contributed by atoms with Gasteiger partial charge in [-0.1, -0.05) is 18.2 Å². The first-order chi connectivity index (χ1) is 11.2. The second-order valence-electron chi connectivity index (χ2n) is 6.09. The first-order valence-corrected chi connectivity index (χ1v) is 8.17. The maximum Gasteiger partial charge on any atom is 0.248 e. The van der Waals surface area contributed by atoms with Crippen LogP contribution in [0.1, 0.15) is 12.8 Å². The van der Waals surface area contributed by atoms with Crippen LogP contribution in [0.3, 0.4) is 0 Å². The van der Waals surface area contributed by atoms with Crippen molar-refractivity contribution < 1.29 is 4.74 Å². The van der Waals surface area contributed by atoms with E-state index < -0.39 is 5.43 Å². The molecule has 5 heteroatoms. The minimum atomic E-state index is -0.397. The lowest BCUT2D eigenvalue weighted by molar-refractivity contribution is 0.144. The average Bonchev–Trinajstić information content (AvgIpc) is 2.61. The molecule has 122 valence electrons. The quantitative estimate of drug-likeness (QED) is 0.785. The van der Waals surface area contributed by atoms with Crippen molar-refractivity contribution >= 4 is 5.69 Å². The predicted octanol–water partition coefficient (Wildman–Crippen LogP) is 1.49. The van der Waals surface area contributed by atoms with Crippen LogP contribution < -0.4 is 20.9 Å². The number of hydrogen-bond acceptors (Lipinski definition) is 5. The summed E-state index contributed by atoms with van der Waals surface area (Å²) < 4.78 is 5.83. The van der Waals surface area contributed by atoms with Gasteiger partial charge < -0.3 is 15.0 Å². The molecule has 3 rings (SSSR count). The molecule has 1 fully saturated rings. The van der Waals surface area contributed by atoms with Crippen molar-refractivity contribution in [3.05, 3.63) is 56.8 Å². The Labute approximate surface area is 135 Å². The number of piperidine rings is 1. The van der Waals surface area contributed by atoms with Gasteiger partial charge in [-0.15, -0.1) is 0 Å². The van der Waals surface area contributed by atoms with Crippen LogP contribution in [0.4, 0.5) is 5.69 Å². The number of para-hydroxylation sites is 1. The third-order valence-corrected chi connectivity index (χ3v) is 4.42. The average molecular weight is 314 g/mol. The highest BCUT2D eigenvalue weighted by Gasteiger charge is 2.19. The minimum Gasteiger partial charge on any atom is -0.493 e. The zero-order chi connectivity index (χ0) is 16.1. The van der Waals surface area contributed by atoms with Gasteiger partial charge in [-0.3, -0.25) is 9.59 Å². The highest BCUT2D eigenvalue weighted by molar-refractivity contribution is 5.47. The van der Waals surface area contributed by atoms with E-state index in [1.54, 1.807) is 0 Å². The van der Waals surface area contributed by atoms with Crippen molar-refractivity contribution in [2.24, 2.45) is 5.92 Å². The second-order valence-corrected chi connectivity index (χ2v) is 6.09. The monoisotopic (exact) mass is 314 g/mol. The Hall–Kier alpha value is -2.14. The number of rotatable bonds is 7. The smallest absolute Gasteiger partial charge is 0.248 e. The highest BCUT2D eigenvalue weighted by Crippen LogP contribution is 2.19. The van der Waals surface area contributed by atoms with Crippen LogP contribution in [0, 0.1) is 5.92 Å².